The molecule has 0 saturated heterocycles. The lowest BCUT2D eigenvalue weighted by atomic mass is 9.96. The smallest absolute Gasteiger partial charge is 0.231 e. The second-order valence-electron chi connectivity index (χ2n) is 5.71. The molecular formula is C19H16N2O2S. The first kappa shape index (κ1) is 14.9. The molecule has 1 amide bonds. The number of aromatic nitrogens is 1. The molecule has 0 aliphatic carbocycles. The van der Waals surface area contributed by atoms with E-state index >= 15 is 0 Å². The third-order valence-corrected chi connectivity index (χ3v) is 4.84. The van der Waals surface area contributed by atoms with Crippen LogP contribution in [0.1, 0.15) is 5.56 Å². The molecule has 4 rings (SSSR count). The largest absolute Gasteiger partial charge is 0.492 e. The number of rotatable bonds is 3. The molecule has 2 heterocycles. The number of hydrogen-bond donors (Lipinski definition) is 1. The third kappa shape index (κ3) is 2.90. The number of ether oxygens (including phenoxy) is 1. The summed E-state index contributed by atoms with van der Waals surface area (Å²) in [6, 6.07) is 17.7. The van der Waals surface area contributed by atoms with E-state index in [1.54, 1.807) is 5.51 Å². The van der Waals surface area contributed by atoms with E-state index in [1.807, 2.05) is 54.6 Å². The molecule has 1 atom stereocenters. The first-order valence-corrected chi connectivity index (χ1v) is 8.69. The highest BCUT2D eigenvalue weighted by Crippen LogP contribution is 2.32. The molecule has 3 aromatic rings. The van der Waals surface area contributed by atoms with Crippen LogP contribution < -0.4 is 10.1 Å². The lowest BCUT2D eigenvalue weighted by molar-refractivity contribution is -0.121. The van der Waals surface area contributed by atoms with E-state index in [0.29, 0.717) is 13.0 Å². The normalized spacial score (nSPS) is 16.1. The number of carbonyl (C=O) groups excluding carboxylic acids is 1. The Hall–Kier alpha value is -2.66. The van der Waals surface area contributed by atoms with Gasteiger partial charge < -0.3 is 10.1 Å². The average molecular weight is 336 g/mol. The van der Waals surface area contributed by atoms with Crippen LogP contribution >= 0.6 is 11.3 Å². The molecule has 1 aliphatic rings. The number of benzene rings is 2. The van der Waals surface area contributed by atoms with Gasteiger partial charge in [-0.2, -0.15) is 0 Å². The Bertz CT molecular complexity index is 861. The predicted octanol–water partition coefficient (Wildman–Crippen LogP) is 4.00. The van der Waals surface area contributed by atoms with Gasteiger partial charge in [-0.15, -0.1) is 11.3 Å². The highest BCUT2D eigenvalue weighted by molar-refractivity contribution is 7.14. The topological polar surface area (TPSA) is 51.2 Å². The van der Waals surface area contributed by atoms with Gasteiger partial charge in [0.2, 0.25) is 5.91 Å². The molecule has 120 valence electrons. The van der Waals surface area contributed by atoms with Crippen molar-refractivity contribution in [3.05, 3.63) is 65.7 Å². The minimum Gasteiger partial charge on any atom is -0.492 e. The maximum Gasteiger partial charge on any atom is 0.231 e. The fourth-order valence-electron chi connectivity index (χ4n) is 2.85. The van der Waals surface area contributed by atoms with E-state index in [4.69, 9.17) is 4.74 Å². The lowest BCUT2D eigenvalue weighted by Gasteiger charge is -2.24. The summed E-state index contributed by atoms with van der Waals surface area (Å²) in [6.45, 7) is 0.405. The fourth-order valence-corrected chi connectivity index (χ4v) is 3.55. The third-order valence-electron chi connectivity index (χ3n) is 4.10. The van der Waals surface area contributed by atoms with E-state index in [9.17, 15) is 4.79 Å². The standard InChI is InChI=1S/C19H16N2O2S/c22-18(15-10-14-8-4-5-9-16(14)23-11-15)21-19-17(20-12-24-19)13-6-2-1-3-7-13/h1-9,12,15H,10-11H2,(H,21,22)/t15-/m0/s1. The molecule has 2 aromatic carbocycles. The molecule has 0 unspecified atom stereocenters. The van der Waals surface area contributed by atoms with Gasteiger partial charge in [0, 0.05) is 5.56 Å². The predicted molar refractivity (Wildman–Crippen MR) is 95.3 cm³/mol. The van der Waals surface area contributed by atoms with E-state index < -0.39 is 0 Å². The molecule has 0 saturated carbocycles. The van der Waals surface area contributed by atoms with E-state index in [1.165, 1.54) is 11.3 Å². The van der Waals surface area contributed by atoms with Gasteiger partial charge >= 0.3 is 0 Å². The maximum absolute atomic E-state index is 12.6. The van der Waals surface area contributed by atoms with Crippen LogP contribution in [-0.2, 0) is 11.2 Å². The highest BCUT2D eigenvalue weighted by Gasteiger charge is 2.26. The molecule has 1 N–H and O–H groups in total. The summed E-state index contributed by atoms with van der Waals surface area (Å²) in [4.78, 5) is 17.0. The quantitative estimate of drug-likeness (QED) is 0.786. The van der Waals surface area contributed by atoms with Crippen molar-refractivity contribution in [2.24, 2.45) is 5.92 Å². The molecule has 4 nitrogen and oxygen atoms in total. The Morgan fingerprint density at radius 3 is 2.79 bits per heavy atom. The first-order chi connectivity index (χ1) is 11.8. The second-order valence-corrected chi connectivity index (χ2v) is 6.56. The van der Waals surface area contributed by atoms with Crippen LogP contribution in [0.5, 0.6) is 5.75 Å². The van der Waals surface area contributed by atoms with Crippen molar-refractivity contribution < 1.29 is 9.53 Å². The molecule has 0 fully saturated rings. The van der Waals surface area contributed by atoms with Crippen LogP contribution in [0.4, 0.5) is 5.00 Å². The van der Waals surface area contributed by atoms with E-state index in [0.717, 1.165) is 27.6 Å². The lowest BCUT2D eigenvalue weighted by Crippen LogP contribution is -2.32. The van der Waals surface area contributed by atoms with Crippen LogP contribution in [0, 0.1) is 5.92 Å². The van der Waals surface area contributed by atoms with Gasteiger partial charge in [-0.3, -0.25) is 4.79 Å². The van der Waals surface area contributed by atoms with Crippen molar-refractivity contribution in [1.82, 2.24) is 4.98 Å². The Labute approximate surface area is 144 Å². The van der Waals surface area contributed by atoms with Gasteiger partial charge in [-0.1, -0.05) is 48.5 Å². The number of hydrogen-bond acceptors (Lipinski definition) is 4. The van der Waals surface area contributed by atoms with Gasteiger partial charge in [0.25, 0.3) is 0 Å². The summed E-state index contributed by atoms with van der Waals surface area (Å²) in [6.07, 6.45) is 0.696. The molecule has 1 aliphatic heterocycles. The van der Waals surface area contributed by atoms with Gasteiger partial charge in [0.05, 0.1) is 11.4 Å². The maximum atomic E-state index is 12.6. The van der Waals surface area contributed by atoms with Crippen molar-refractivity contribution in [2.75, 3.05) is 11.9 Å². The van der Waals surface area contributed by atoms with Gasteiger partial charge in [-0.25, -0.2) is 4.98 Å². The van der Waals surface area contributed by atoms with Crippen LogP contribution in [0.25, 0.3) is 11.3 Å². The minimum absolute atomic E-state index is 0.0223. The fraction of sp³-hybridized carbons (Fsp3) is 0.158. The van der Waals surface area contributed by atoms with Crippen molar-refractivity contribution in [2.45, 2.75) is 6.42 Å². The summed E-state index contributed by atoms with van der Waals surface area (Å²) in [5.74, 6) is 0.667. The number of carbonyl (C=O) groups is 1. The second kappa shape index (κ2) is 6.45. The average Bonchev–Trinajstić information content (AvgIpc) is 3.10. The van der Waals surface area contributed by atoms with Crippen molar-refractivity contribution in [3.63, 3.8) is 0 Å². The Morgan fingerprint density at radius 2 is 1.92 bits per heavy atom. The highest BCUT2D eigenvalue weighted by atomic mass is 32.1. The zero-order chi connectivity index (χ0) is 16.4. The SMILES string of the molecule is O=C(Nc1scnc1-c1ccccc1)[C@@H]1COc2ccccc2C1. The van der Waals surface area contributed by atoms with Gasteiger partial charge in [-0.05, 0) is 18.1 Å². The first-order valence-electron chi connectivity index (χ1n) is 7.82. The number of para-hydroxylation sites is 1. The van der Waals surface area contributed by atoms with Gasteiger partial charge in [0.15, 0.2) is 0 Å². The van der Waals surface area contributed by atoms with E-state index in [-0.39, 0.29) is 11.8 Å². The molecule has 1 aromatic heterocycles. The number of nitrogens with one attached hydrogen (secondary N) is 1. The molecule has 24 heavy (non-hydrogen) atoms. The summed E-state index contributed by atoms with van der Waals surface area (Å²) < 4.78 is 5.72. The monoisotopic (exact) mass is 336 g/mol. The number of anilines is 1. The van der Waals surface area contributed by atoms with Crippen LogP contribution in [0.2, 0.25) is 0 Å². The van der Waals surface area contributed by atoms with E-state index in [2.05, 4.69) is 10.3 Å². The summed E-state index contributed by atoms with van der Waals surface area (Å²) in [5.41, 5.74) is 4.65. The number of amides is 1. The zero-order valence-electron chi connectivity index (χ0n) is 12.9. The zero-order valence-corrected chi connectivity index (χ0v) is 13.8. The molecular weight excluding hydrogens is 320 g/mol. The van der Waals surface area contributed by atoms with Crippen molar-refractivity contribution in [1.29, 1.82) is 0 Å². The van der Waals surface area contributed by atoms with Crippen molar-refractivity contribution in [3.8, 4) is 17.0 Å². The molecule has 0 spiro atoms. The Balaban J connectivity index is 1.51. The van der Waals surface area contributed by atoms with Crippen LogP contribution in [-0.4, -0.2) is 17.5 Å². The number of thiazole rings is 1. The van der Waals surface area contributed by atoms with Crippen LogP contribution in [0.3, 0.4) is 0 Å². The minimum atomic E-state index is -0.189. The Kier molecular flexibility index (Phi) is 4.01. The van der Waals surface area contributed by atoms with Gasteiger partial charge in [0.1, 0.15) is 23.1 Å². The summed E-state index contributed by atoms with van der Waals surface area (Å²) in [5, 5.41) is 3.81. The summed E-state index contributed by atoms with van der Waals surface area (Å²) in [7, 11) is 0. The molecule has 0 bridgehead atoms. The number of nitrogens with zero attached hydrogens (tertiary/aromatic N) is 1. The van der Waals surface area contributed by atoms with Crippen LogP contribution in [0.15, 0.2) is 60.1 Å². The summed E-state index contributed by atoms with van der Waals surface area (Å²) >= 11 is 1.44. The van der Waals surface area contributed by atoms with Crippen molar-refractivity contribution >= 4 is 22.2 Å². The Morgan fingerprint density at radius 1 is 1.12 bits per heavy atom. The number of fused-ring (bicyclic) bond motifs is 1. The molecule has 0 radical (unpaired) electrons. The molecule has 5 heteroatoms.